The van der Waals surface area contributed by atoms with Crippen LogP contribution >= 0.6 is 0 Å². The van der Waals surface area contributed by atoms with Gasteiger partial charge in [-0.3, -0.25) is 9.69 Å². The van der Waals surface area contributed by atoms with Crippen LogP contribution in [-0.4, -0.2) is 48.5 Å². The van der Waals surface area contributed by atoms with Crippen LogP contribution in [0.3, 0.4) is 0 Å². The average Bonchev–Trinajstić information content (AvgIpc) is 3.71. The van der Waals surface area contributed by atoms with E-state index in [9.17, 15) is 13.6 Å². The van der Waals surface area contributed by atoms with Crippen molar-refractivity contribution in [3.05, 3.63) is 65.5 Å². The maximum atomic E-state index is 13.8. The highest BCUT2D eigenvalue weighted by Gasteiger charge is 2.35. The number of benzene rings is 1. The number of anilines is 1. The molecular formula is C28H28F2N8O2. The minimum atomic E-state index is -3.03. The van der Waals surface area contributed by atoms with Crippen LogP contribution in [0, 0.1) is 0 Å². The second kappa shape index (κ2) is 9.70. The number of imidazole rings is 1. The number of hydrogen-bond donors (Lipinski definition) is 1. The Balaban J connectivity index is 1.33. The SMILES string of the molecule is COc1ncnc(C2CC2)c1-c1ncc2c(n1)N(Cc1ccc(-c3nc(C(C)(F)F)cn3C)cc1)C(=O)C(N)C2. The largest absolute Gasteiger partial charge is 0.480 e. The molecule has 10 nitrogen and oxygen atoms in total. The van der Waals surface area contributed by atoms with Gasteiger partial charge in [-0.2, -0.15) is 8.78 Å². The maximum absolute atomic E-state index is 13.8. The number of amides is 1. The lowest BCUT2D eigenvalue weighted by atomic mass is 10.0. The maximum Gasteiger partial charge on any atom is 0.288 e. The van der Waals surface area contributed by atoms with E-state index in [-0.39, 0.29) is 18.1 Å². The third-order valence-electron chi connectivity index (χ3n) is 7.22. The van der Waals surface area contributed by atoms with Gasteiger partial charge in [-0.15, -0.1) is 0 Å². The number of fused-ring (bicyclic) bond motifs is 1. The number of hydrogen-bond acceptors (Lipinski definition) is 8. The summed E-state index contributed by atoms with van der Waals surface area (Å²) in [6.07, 6.45) is 6.87. The number of carbonyl (C=O) groups excluding carboxylic acids is 1. The first-order valence-corrected chi connectivity index (χ1v) is 13.0. The molecule has 206 valence electrons. The van der Waals surface area contributed by atoms with Crippen molar-refractivity contribution in [2.24, 2.45) is 12.8 Å². The second-order valence-electron chi connectivity index (χ2n) is 10.3. The Kier molecular flexibility index (Phi) is 6.29. The number of carbonyl (C=O) groups is 1. The standard InChI is InChI=1S/C28H28F2N8O2/c1-28(29,30)20-13-37(2)24(35-20)17-6-4-15(5-7-17)12-38-25-18(10-19(31)27(38)39)11-32-23(36-25)21-22(16-8-9-16)33-14-34-26(21)40-3/h4-7,11,13-14,16,19H,8-10,12,31H2,1-3H3. The molecule has 1 aliphatic heterocycles. The molecule has 2 N–H and O–H groups in total. The molecule has 1 amide bonds. The molecule has 40 heavy (non-hydrogen) atoms. The van der Waals surface area contributed by atoms with Crippen molar-refractivity contribution >= 4 is 11.7 Å². The third kappa shape index (κ3) is 4.68. The quantitative estimate of drug-likeness (QED) is 0.372. The summed E-state index contributed by atoms with van der Waals surface area (Å²) in [6, 6.07) is 6.54. The molecule has 4 heterocycles. The van der Waals surface area contributed by atoms with Gasteiger partial charge >= 0.3 is 0 Å². The molecule has 6 rings (SSSR count). The van der Waals surface area contributed by atoms with E-state index in [4.69, 9.17) is 15.5 Å². The smallest absolute Gasteiger partial charge is 0.288 e. The summed E-state index contributed by atoms with van der Waals surface area (Å²) in [6.45, 7) is 1.04. The Hall–Kier alpha value is -4.32. The molecule has 0 bridgehead atoms. The Morgan fingerprint density at radius 1 is 1.12 bits per heavy atom. The molecule has 1 aliphatic carbocycles. The number of aromatic nitrogens is 6. The van der Waals surface area contributed by atoms with Gasteiger partial charge in [-0.25, -0.2) is 24.9 Å². The van der Waals surface area contributed by atoms with Crippen molar-refractivity contribution in [2.45, 2.75) is 50.6 Å². The number of nitrogens with two attached hydrogens (primary N) is 1. The number of halogens is 2. The number of ether oxygens (including phenoxy) is 1. The van der Waals surface area contributed by atoms with Gasteiger partial charge in [0.2, 0.25) is 11.8 Å². The van der Waals surface area contributed by atoms with Crippen LogP contribution in [0.2, 0.25) is 0 Å². The van der Waals surface area contributed by atoms with Gasteiger partial charge < -0.3 is 15.0 Å². The first-order valence-electron chi connectivity index (χ1n) is 13.0. The number of nitrogens with zero attached hydrogens (tertiary/aromatic N) is 7. The van der Waals surface area contributed by atoms with Crippen molar-refractivity contribution in [2.75, 3.05) is 12.0 Å². The van der Waals surface area contributed by atoms with Crippen LogP contribution < -0.4 is 15.4 Å². The van der Waals surface area contributed by atoms with Gasteiger partial charge in [0, 0.05) is 49.8 Å². The van der Waals surface area contributed by atoms with E-state index in [0.717, 1.165) is 36.6 Å². The predicted octanol–water partition coefficient (Wildman–Crippen LogP) is 3.75. The lowest BCUT2D eigenvalue weighted by Gasteiger charge is -2.31. The Morgan fingerprint density at radius 3 is 2.52 bits per heavy atom. The van der Waals surface area contributed by atoms with Crippen molar-refractivity contribution in [1.82, 2.24) is 29.5 Å². The number of alkyl halides is 2. The van der Waals surface area contributed by atoms with E-state index >= 15 is 0 Å². The second-order valence-corrected chi connectivity index (χ2v) is 10.3. The van der Waals surface area contributed by atoms with E-state index in [1.54, 1.807) is 42.0 Å². The van der Waals surface area contributed by atoms with Gasteiger partial charge in [-0.1, -0.05) is 24.3 Å². The van der Waals surface area contributed by atoms with Crippen molar-refractivity contribution in [3.8, 4) is 28.7 Å². The van der Waals surface area contributed by atoms with Crippen molar-refractivity contribution in [1.29, 1.82) is 0 Å². The highest BCUT2D eigenvalue weighted by Crippen LogP contribution is 2.45. The number of methoxy groups -OCH3 is 1. The fourth-order valence-corrected chi connectivity index (χ4v) is 4.98. The zero-order valence-corrected chi connectivity index (χ0v) is 22.3. The van der Waals surface area contributed by atoms with Gasteiger partial charge in [-0.05, 0) is 18.4 Å². The predicted molar refractivity (Wildman–Crippen MR) is 143 cm³/mol. The summed E-state index contributed by atoms with van der Waals surface area (Å²) in [4.78, 5) is 37.1. The highest BCUT2D eigenvalue weighted by atomic mass is 19.3. The molecular weight excluding hydrogens is 518 g/mol. The van der Waals surface area contributed by atoms with Crippen LogP contribution in [0.15, 0.2) is 43.0 Å². The Morgan fingerprint density at radius 2 is 1.88 bits per heavy atom. The van der Waals surface area contributed by atoms with Gasteiger partial charge in [0.25, 0.3) is 5.92 Å². The minimum Gasteiger partial charge on any atom is -0.480 e. The molecule has 0 spiro atoms. The fourth-order valence-electron chi connectivity index (χ4n) is 4.98. The molecule has 1 aromatic carbocycles. The van der Waals surface area contributed by atoms with Crippen LogP contribution in [0.1, 0.15) is 48.2 Å². The minimum absolute atomic E-state index is 0.215. The number of rotatable bonds is 7. The van der Waals surface area contributed by atoms with Crippen molar-refractivity contribution in [3.63, 3.8) is 0 Å². The van der Waals surface area contributed by atoms with Crippen LogP contribution in [0.4, 0.5) is 14.6 Å². The number of aryl methyl sites for hydroxylation is 1. The zero-order chi connectivity index (χ0) is 28.2. The van der Waals surface area contributed by atoms with Crippen molar-refractivity contribution < 1.29 is 18.3 Å². The van der Waals surface area contributed by atoms with E-state index < -0.39 is 12.0 Å². The van der Waals surface area contributed by atoms with Crippen LogP contribution in [-0.2, 0) is 30.7 Å². The lowest BCUT2D eigenvalue weighted by molar-refractivity contribution is -0.120. The monoisotopic (exact) mass is 546 g/mol. The Bertz CT molecular complexity index is 1600. The first kappa shape index (κ1) is 25.9. The fraction of sp³-hybridized carbons (Fsp3) is 0.357. The first-order chi connectivity index (χ1) is 19.1. The zero-order valence-electron chi connectivity index (χ0n) is 22.3. The van der Waals surface area contributed by atoms with Gasteiger partial charge in [0.05, 0.1) is 25.4 Å². The molecule has 1 fully saturated rings. The molecule has 0 radical (unpaired) electrons. The summed E-state index contributed by atoms with van der Waals surface area (Å²) >= 11 is 0. The van der Waals surface area contributed by atoms with E-state index in [1.165, 1.54) is 12.5 Å². The third-order valence-corrected chi connectivity index (χ3v) is 7.22. The summed E-state index contributed by atoms with van der Waals surface area (Å²) in [7, 11) is 3.22. The molecule has 0 saturated heterocycles. The van der Waals surface area contributed by atoms with Gasteiger partial charge in [0.15, 0.2) is 5.82 Å². The average molecular weight is 547 g/mol. The van der Waals surface area contributed by atoms with E-state index in [0.29, 0.717) is 46.8 Å². The molecule has 4 aromatic rings. The van der Waals surface area contributed by atoms with Crippen LogP contribution in [0.5, 0.6) is 5.88 Å². The van der Waals surface area contributed by atoms with E-state index in [1.807, 2.05) is 12.1 Å². The van der Waals surface area contributed by atoms with E-state index in [2.05, 4.69) is 19.9 Å². The highest BCUT2D eigenvalue weighted by molar-refractivity contribution is 5.99. The molecule has 3 aromatic heterocycles. The van der Waals surface area contributed by atoms with Crippen LogP contribution in [0.25, 0.3) is 22.8 Å². The molecule has 1 saturated carbocycles. The summed E-state index contributed by atoms with van der Waals surface area (Å²) < 4.78 is 34.6. The molecule has 12 heteroatoms. The normalized spacial score (nSPS) is 17.2. The lowest BCUT2D eigenvalue weighted by Crippen LogP contribution is -2.49. The molecule has 1 unspecified atom stereocenters. The summed E-state index contributed by atoms with van der Waals surface area (Å²) in [5.74, 6) is -1.31. The summed E-state index contributed by atoms with van der Waals surface area (Å²) in [5.41, 5.74) is 9.63. The summed E-state index contributed by atoms with van der Waals surface area (Å²) in [5, 5.41) is 0. The topological polar surface area (TPSA) is 125 Å². The van der Waals surface area contributed by atoms with Gasteiger partial charge in [0.1, 0.15) is 29.2 Å². The molecule has 2 aliphatic rings. The molecule has 1 atom stereocenters. The Labute approximate surface area is 229 Å².